The van der Waals surface area contributed by atoms with Crippen LogP contribution < -0.4 is 5.73 Å². The number of aromatic hydroxyl groups is 1. The van der Waals surface area contributed by atoms with E-state index < -0.39 is 11.5 Å². The second-order valence-corrected chi connectivity index (χ2v) is 5.41. The minimum absolute atomic E-state index is 0.201. The van der Waals surface area contributed by atoms with Gasteiger partial charge in [-0.05, 0) is 30.9 Å². The van der Waals surface area contributed by atoms with Crippen LogP contribution in [0, 0.1) is 5.41 Å². The number of phenols is 1. The van der Waals surface area contributed by atoms with Crippen molar-refractivity contribution in [3.63, 3.8) is 0 Å². The van der Waals surface area contributed by atoms with E-state index in [0.717, 1.165) is 16.3 Å². The average molecular weight is 273 g/mol. The lowest BCUT2D eigenvalue weighted by atomic mass is 9.79. The quantitative estimate of drug-likeness (QED) is 0.843. The number of rotatable bonds is 3. The highest BCUT2D eigenvalue weighted by atomic mass is 16.5. The summed E-state index contributed by atoms with van der Waals surface area (Å²) in [6, 6.07) is 10.3. The predicted octanol–water partition coefficient (Wildman–Crippen LogP) is 2.74. The normalized spacial score (nSPS) is 13.2. The molecule has 2 aromatic rings. The third kappa shape index (κ3) is 2.23. The van der Waals surface area contributed by atoms with E-state index in [1.807, 2.05) is 24.3 Å². The van der Waals surface area contributed by atoms with Crippen molar-refractivity contribution < 1.29 is 14.6 Å². The topological polar surface area (TPSA) is 72.5 Å². The van der Waals surface area contributed by atoms with Gasteiger partial charge in [-0.1, -0.05) is 30.3 Å². The number of fused-ring (bicyclic) bond motifs is 1. The Balaban J connectivity index is 2.59. The Morgan fingerprint density at radius 3 is 2.40 bits per heavy atom. The zero-order valence-electron chi connectivity index (χ0n) is 11.9. The van der Waals surface area contributed by atoms with E-state index in [1.54, 1.807) is 26.0 Å². The molecule has 20 heavy (non-hydrogen) atoms. The summed E-state index contributed by atoms with van der Waals surface area (Å²) in [6.45, 7) is 3.51. The Morgan fingerprint density at radius 2 is 1.80 bits per heavy atom. The summed E-state index contributed by atoms with van der Waals surface area (Å²) in [5, 5.41) is 11.5. The van der Waals surface area contributed by atoms with Gasteiger partial charge in [0, 0.05) is 11.4 Å². The number of carbonyl (C=O) groups excluding carboxylic acids is 1. The number of nitrogens with two attached hydrogens (primary N) is 1. The molecule has 0 unspecified atom stereocenters. The van der Waals surface area contributed by atoms with E-state index >= 15 is 0 Å². The molecular weight excluding hydrogens is 254 g/mol. The van der Waals surface area contributed by atoms with Crippen molar-refractivity contribution in [2.75, 3.05) is 7.11 Å². The third-order valence-corrected chi connectivity index (χ3v) is 3.76. The Kier molecular flexibility index (Phi) is 3.68. The number of methoxy groups -OCH3 is 1. The van der Waals surface area contributed by atoms with Gasteiger partial charge in [0.2, 0.25) is 0 Å². The molecule has 106 valence electrons. The molecular formula is C16H19NO3. The van der Waals surface area contributed by atoms with Gasteiger partial charge in [-0.2, -0.15) is 0 Å². The highest BCUT2D eigenvalue weighted by Gasteiger charge is 2.37. The number of carbonyl (C=O) groups is 1. The van der Waals surface area contributed by atoms with E-state index in [0.29, 0.717) is 0 Å². The summed E-state index contributed by atoms with van der Waals surface area (Å²) in [4.78, 5) is 11.9. The predicted molar refractivity (Wildman–Crippen MR) is 78.3 cm³/mol. The zero-order valence-corrected chi connectivity index (χ0v) is 11.9. The van der Waals surface area contributed by atoms with Gasteiger partial charge in [-0.3, -0.25) is 4.79 Å². The highest BCUT2D eigenvalue weighted by molar-refractivity contribution is 5.92. The van der Waals surface area contributed by atoms with Gasteiger partial charge in [-0.25, -0.2) is 0 Å². The number of hydrogen-bond donors (Lipinski definition) is 2. The van der Waals surface area contributed by atoms with E-state index in [2.05, 4.69) is 0 Å². The molecule has 4 heteroatoms. The SMILES string of the molecule is COC(=O)C(C)(C)[C@@H](N)c1ccc(O)c2ccccc12. The Labute approximate surface area is 118 Å². The number of phenolic OH excluding ortho intramolecular Hbond substituents is 1. The lowest BCUT2D eigenvalue weighted by molar-refractivity contribution is -0.152. The first-order valence-electron chi connectivity index (χ1n) is 6.44. The van der Waals surface area contributed by atoms with E-state index in [-0.39, 0.29) is 11.7 Å². The monoisotopic (exact) mass is 273 g/mol. The maximum Gasteiger partial charge on any atom is 0.313 e. The van der Waals surface area contributed by atoms with Crippen LogP contribution in [0.2, 0.25) is 0 Å². The molecule has 0 aliphatic rings. The first-order valence-corrected chi connectivity index (χ1v) is 6.44. The van der Waals surface area contributed by atoms with Gasteiger partial charge in [0.25, 0.3) is 0 Å². The molecule has 0 spiro atoms. The van der Waals surface area contributed by atoms with Gasteiger partial charge in [0.1, 0.15) is 5.75 Å². The molecule has 0 aliphatic carbocycles. The molecule has 4 nitrogen and oxygen atoms in total. The summed E-state index contributed by atoms with van der Waals surface area (Å²) in [6.07, 6.45) is 0. The highest BCUT2D eigenvalue weighted by Crippen LogP contribution is 2.38. The summed E-state index contributed by atoms with van der Waals surface area (Å²) in [7, 11) is 1.35. The number of benzene rings is 2. The lowest BCUT2D eigenvalue weighted by Crippen LogP contribution is -2.37. The van der Waals surface area contributed by atoms with Gasteiger partial charge in [-0.15, -0.1) is 0 Å². The molecule has 3 N–H and O–H groups in total. The Morgan fingerprint density at radius 1 is 1.20 bits per heavy atom. The second-order valence-electron chi connectivity index (χ2n) is 5.41. The molecule has 0 aromatic heterocycles. The van der Waals surface area contributed by atoms with Crippen molar-refractivity contribution in [3.05, 3.63) is 42.0 Å². The minimum Gasteiger partial charge on any atom is -0.507 e. The van der Waals surface area contributed by atoms with Gasteiger partial charge in [0.15, 0.2) is 0 Å². The van der Waals surface area contributed by atoms with Crippen molar-refractivity contribution in [2.45, 2.75) is 19.9 Å². The lowest BCUT2D eigenvalue weighted by Gasteiger charge is -2.29. The fourth-order valence-corrected chi connectivity index (χ4v) is 2.36. The Bertz CT molecular complexity index is 649. The van der Waals surface area contributed by atoms with Crippen LogP contribution in [0.5, 0.6) is 5.75 Å². The van der Waals surface area contributed by atoms with E-state index in [1.165, 1.54) is 7.11 Å². The molecule has 0 fully saturated rings. The van der Waals surface area contributed by atoms with Crippen LogP contribution in [0.4, 0.5) is 0 Å². The largest absolute Gasteiger partial charge is 0.507 e. The molecule has 0 saturated carbocycles. The molecule has 0 aliphatic heterocycles. The van der Waals surface area contributed by atoms with Crippen LogP contribution in [-0.4, -0.2) is 18.2 Å². The maximum atomic E-state index is 11.9. The first kappa shape index (κ1) is 14.3. The van der Waals surface area contributed by atoms with Crippen LogP contribution >= 0.6 is 0 Å². The molecule has 2 aromatic carbocycles. The third-order valence-electron chi connectivity index (χ3n) is 3.76. The number of ether oxygens (including phenoxy) is 1. The molecule has 0 heterocycles. The minimum atomic E-state index is -0.853. The van der Waals surface area contributed by atoms with Crippen LogP contribution in [0.1, 0.15) is 25.5 Å². The maximum absolute atomic E-state index is 11.9. The second kappa shape index (κ2) is 5.13. The zero-order chi connectivity index (χ0) is 14.9. The Hall–Kier alpha value is -2.07. The van der Waals surface area contributed by atoms with Crippen molar-refractivity contribution in [1.29, 1.82) is 0 Å². The average Bonchev–Trinajstić information content (AvgIpc) is 2.46. The standard InChI is InChI=1S/C16H19NO3/c1-16(2,15(19)20-3)14(17)12-8-9-13(18)11-7-5-4-6-10(11)12/h4-9,14,18H,17H2,1-3H3/t14-/m0/s1. The molecule has 0 amide bonds. The fraction of sp³-hybridized carbons (Fsp3) is 0.312. The summed E-state index contributed by atoms with van der Waals surface area (Å²) in [5.41, 5.74) is 6.24. The number of esters is 1. The molecule has 1 atom stereocenters. The van der Waals surface area contributed by atoms with Crippen LogP contribution in [0.25, 0.3) is 10.8 Å². The van der Waals surface area contributed by atoms with Crippen LogP contribution in [0.15, 0.2) is 36.4 Å². The van der Waals surface area contributed by atoms with E-state index in [9.17, 15) is 9.90 Å². The van der Waals surface area contributed by atoms with Crippen molar-refractivity contribution >= 4 is 16.7 Å². The van der Waals surface area contributed by atoms with Gasteiger partial charge in [0.05, 0.1) is 12.5 Å². The van der Waals surface area contributed by atoms with E-state index in [4.69, 9.17) is 10.5 Å². The number of hydrogen-bond acceptors (Lipinski definition) is 4. The summed E-state index contributed by atoms with van der Waals surface area (Å²) in [5.74, 6) is -0.158. The molecule has 0 saturated heterocycles. The summed E-state index contributed by atoms with van der Waals surface area (Å²) < 4.78 is 4.83. The van der Waals surface area contributed by atoms with Crippen molar-refractivity contribution in [1.82, 2.24) is 0 Å². The van der Waals surface area contributed by atoms with Crippen molar-refractivity contribution in [2.24, 2.45) is 11.1 Å². The van der Waals surface area contributed by atoms with Crippen molar-refractivity contribution in [3.8, 4) is 5.75 Å². The van der Waals surface area contributed by atoms with Crippen LogP contribution in [-0.2, 0) is 9.53 Å². The molecule has 0 radical (unpaired) electrons. The smallest absolute Gasteiger partial charge is 0.313 e. The molecule has 2 rings (SSSR count). The van der Waals surface area contributed by atoms with Gasteiger partial charge >= 0.3 is 5.97 Å². The summed E-state index contributed by atoms with van der Waals surface area (Å²) >= 11 is 0. The van der Waals surface area contributed by atoms with Gasteiger partial charge < -0.3 is 15.6 Å². The fourth-order valence-electron chi connectivity index (χ4n) is 2.36. The molecule has 0 bridgehead atoms. The first-order chi connectivity index (χ1) is 9.39. The van der Waals surface area contributed by atoms with Crippen LogP contribution in [0.3, 0.4) is 0 Å².